The highest BCUT2D eigenvalue weighted by atomic mass is 16.3. The van der Waals surface area contributed by atoms with Crippen LogP contribution in [-0.2, 0) is 11.2 Å². The van der Waals surface area contributed by atoms with Crippen LogP contribution in [0.1, 0.15) is 12.5 Å². The molecule has 1 atom stereocenters. The Bertz CT molecular complexity index is 695. The summed E-state index contributed by atoms with van der Waals surface area (Å²) >= 11 is 0. The molecular formula is C17H16N2O2. The first kappa shape index (κ1) is 13.4. The highest BCUT2D eigenvalue weighted by Gasteiger charge is 2.34. The van der Waals surface area contributed by atoms with E-state index in [1.54, 1.807) is 18.2 Å². The first-order chi connectivity index (χ1) is 10.1. The molecule has 0 fully saturated rings. The molecule has 1 N–H and O–H groups in total. The standard InChI is InChI=1S/C17H16N2O2/c1-12-16(11-13-6-5-9-15(20)10-13)17(21)19(18-12)14-7-3-2-4-8-14/h2-10,16,20H,11H2,1H3. The highest BCUT2D eigenvalue weighted by Crippen LogP contribution is 2.26. The molecule has 2 aromatic rings. The molecule has 0 spiro atoms. The van der Waals surface area contributed by atoms with E-state index in [0.717, 1.165) is 17.0 Å². The third kappa shape index (κ3) is 2.65. The molecule has 106 valence electrons. The predicted molar refractivity (Wildman–Crippen MR) is 82.3 cm³/mol. The van der Waals surface area contributed by atoms with Crippen LogP contribution in [0.5, 0.6) is 5.75 Å². The van der Waals surface area contributed by atoms with Gasteiger partial charge in [-0.15, -0.1) is 0 Å². The van der Waals surface area contributed by atoms with Crippen LogP contribution in [0.15, 0.2) is 59.7 Å². The topological polar surface area (TPSA) is 52.9 Å². The van der Waals surface area contributed by atoms with Crippen LogP contribution in [0.25, 0.3) is 0 Å². The summed E-state index contributed by atoms with van der Waals surface area (Å²) in [5.74, 6) is -0.0819. The van der Waals surface area contributed by atoms with Gasteiger partial charge in [-0.25, -0.2) is 5.01 Å². The van der Waals surface area contributed by atoms with Crippen molar-refractivity contribution in [2.75, 3.05) is 5.01 Å². The quantitative estimate of drug-likeness (QED) is 0.939. The van der Waals surface area contributed by atoms with Gasteiger partial charge in [0.25, 0.3) is 5.91 Å². The zero-order valence-corrected chi connectivity index (χ0v) is 11.7. The number of hydrogen-bond acceptors (Lipinski definition) is 3. The maximum absolute atomic E-state index is 12.6. The number of nitrogens with zero attached hydrogens (tertiary/aromatic N) is 2. The predicted octanol–water partition coefficient (Wildman–Crippen LogP) is 2.97. The van der Waals surface area contributed by atoms with Gasteiger partial charge < -0.3 is 5.11 Å². The van der Waals surface area contributed by atoms with Crippen molar-refractivity contribution in [1.82, 2.24) is 0 Å². The second-order valence-electron chi connectivity index (χ2n) is 5.15. The van der Waals surface area contributed by atoms with Crippen molar-refractivity contribution in [3.05, 3.63) is 60.2 Å². The van der Waals surface area contributed by atoms with Crippen molar-refractivity contribution in [3.63, 3.8) is 0 Å². The second kappa shape index (κ2) is 5.40. The minimum atomic E-state index is -0.271. The molecule has 0 bridgehead atoms. The van der Waals surface area contributed by atoms with E-state index in [9.17, 15) is 9.90 Å². The Morgan fingerprint density at radius 1 is 1.14 bits per heavy atom. The summed E-state index contributed by atoms with van der Waals surface area (Å²) in [6, 6.07) is 16.4. The maximum atomic E-state index is 12.6. The molecule has 0 aliphatic carbocycles. The monoisotopic (exact) mass is 280 g/mol. The third-order valence-electron chi connectivity index (χ3n) is 3.62. The lowest BCUT2D eigenvalue weighted by Crippen LogP contribution is -2.28. The Hall–Kier alpha value is -2.62. The summed E-state index contributed by atoms with van der Waals surface area (Å²) in [5.41, 5.74) is 2.50. The fourth-order valence-electron chi connectivity index (χ4n) is 2.51. The van der Waals surface area contributed by atoms with E-state index in [1.165, 1.54) is 5.01 Å². The van der Waals surface area contributed by atoms with E-state index in [2.05, 4.69) is 5.10 Å². The van der Waals surface area contributed by atoms with Crippen LogP contribution < -0.4 is 5.01 Å². The van der Waals surface area contributed by atoms with Crippen LogP contribution in [0, 0.1) is 5.92 Å². The smallest absolute Gasteiger partial charge is 0.256 e. The molecule has 0 radical (unpaired) electrons. The van der Waals surface area contributed by atoms with Crippen LogP contribution in [0.4, 0.5) is 5.69 Å². The number of rotatable bonds is 3. The molecule has 4 nitrogen and oxygen atoms in total. The Kier molecular flexibility index (Phi) is 3.44. The second-order valence-corrected chi connectivity index (χ2v) is 5.15. The normalized spacial score (nSPS) is 18.0. The van der Waals surface area contributed by atoms with Crippen molar-refractivity contribution in [2.24, 2.45) is 11.0 Å². The molecule has 1 amide bonds. The van der Waals surface area contributed by atoms with Gasteiger partial charge in [-0.3, -0.25) is 4.79 Å². The van der Waals surface area contributed by atoms with Gasteiger partial charge in [0.05, 0.1) is 11.6 Å². The SMILES string of the molecule is CC1=NN(c2ccccc2)C(=O)C1Cc1cccc(O)c1. The van der Waals surface area contributed by atoms with Gasteiger partial charge in [-0.1, -0.05) is 30.3 Å². The Balaban J connectivity index is 1.83. The van der Waals surface area contributed by atoms with Crippen molar-refractivity contribution >= 4 is 17.3 Å². The summed E-state index contributed by atoms with van der Waals surface area (Å²) in [5, 5.41) is 15.4. The summed E-state index contributed by atoms with van der Waals surface area (Å²) < 4.78 is 0. The Labute approximate surface area is 123 Å². The Morgan fingerprint density at radius 2 is 1.90 bits per heavy atom. The van der Waals surface area contributed by atoms with Gasteiger partial charge in [-0.05, 0) is 43.2 Å². The van der Waals surface area contributed by atoms with Crippen LogP contribution in [0.3, 0.4) is 0 Å². The van der Waals surface area contributed by atoms with E-state index in [4.69, 9.17) is 0 Å². The average Bonchev–Trinajstić information content (AvgIpc) is 2.76. The van der Waals surface area contributed by atoms with Gasteiger partial charge in [0.1, 0.15) is 5.75 Å². The number of amides is 1. The van der Waals surface area contributed by atoms with Gasteiger partial charge >= 0.3 is 0 Å². The summed E-state index contributed by atoms with van der Waals surface area (Å²) in [6.07, 6.45) is 0.548. The van der Waals surface area contributed by atoms with Crippen molar-refractivity contribution in [1.29, 1.82) is 0 Å². The molecule has 0 aromatic heterocycles. The van der Waals surface area contributed by atoms with E-state index >= 15 is 0 Å². The summed E-state index contributed by atoms with van der Waals surface area (Å²) in [7, 11) is 0. The molecule has 21 heavy (non-hydrogen) atoms. The van der Waals surface area contributed by atoms with Crippen LogP contribution in [0.2, 0.25) is 0 Å². The fraction of sp³-hybridized carbons (Fsp3) is 0.176. The zero-order chi connectivity index (χ0) is 14.8. The lowest BCUT2D eigenvalue weighted by molar-refractivity contribution is -0.119. The van der Waals surface area contributed by atoms with Gasteiger partial charge in [0, 0.05) is 5.71 Å². The van der Waals surface area contributed by atoms with Crippen molar-refractivity contribution in [2.45, 2.75) is 13.3 Å². The molecule has 3 rings (SSSR count). The number of anilines is 1. The molecule has 1 aliphatic heterocycles. The van der Waals surface area contributed by atoms with Gasteiger partial charge in [0.15, 0.2) is 0 Å². The minimum Gasteiger partial charge on any atom is -0.508 e. The summed E-state index contributed by atoms with van der Waals surface area (Å²) in [4.78, 5) is 12.6. The van der Waals surface area contributed by atoms with E-state index in [-0.39, 0.29) is 17.6 Å². The molecule has 2 aromatic carbocycles. The van der Waals surface area contributed by atoms with E-state index in [0.29, 0.717) is 6.42 Å². The lowest BCUT2D eigenvalue weighted by atomic mass is 9.95. The highest BCUT2D eigenvalue weighted by molar-refractivity contribution is 6.14. The molecule has 1 aliphatic rings. The number of hydrogen-bond donors (Lipinski definition) is 1. The first-order valence-corrected chi connectivity index (χ1v) is 6.87. The zero-order valence-electron chi connectivity index (χ0n) is 11.7. The largest absolute Gasteiger partial charge is 0.508 e. The van der Waals surface area contributed by atoms with Gasteiger partial charge in [-0.2, -0.15) is 5.10 Å². The number of aromatic hydroxyl groups is 1. The first-order valence-electron chi connectivity index (χ1n) is 6.87. The fourth-order valence-corrected chi connectivity index (χ4v) is 2.51. The number of hydrazone groups is 1. The average molecular weight is 280 g/mol. The van der Waals surface area contributed by atoms with Gasteiger partial charge in [0.2, 0.25) is 0 Å². The summed E-state index contributed by atoms with van der Waals surface area (Å²) in [6.45, 7) is 1.87. The molecule has 1 heterocycles. The minimum absolute atomic E-state index is 0.0259. The molecule has 1 unspecified atom stereocenters. The molecule has 0 saturated carbocycles. The van der Waals surface area contributed by atoms with E-state index < -0.39 is 0 Å². The number of carbonyl (C=O) groups excluding carboxylic acids is 1. The Morgan fingerprint density at radius 3 is 2.62 bits per heavy atom. The maximum Gasteiger partial charge on any atom is 0.256 e. The number of phenols is 1. The molecule has 0 saturated heterocycles. The number of benzene rings is 2. The number of phenolic OH excluding ortho intramolecular Hbond substituents is 1. The molecular weight excluding hydrogens is 264 g/mol. The van der Waals surface area contributed by atoms with E-state index in [1.807, 2.05) is 43.3 Å². The molecule has 4 heteroatoms. The van der Waals surface area contributed by atoms with Crippen LogP contribution in [-0.4, -0.2) is 16.7 Å². The third-order valence-corrected chi connectivity index (χ3v) is 3.62. The van der Waals surface area contributed by atoms with Crippen LogP contribution >= 0.6 is 0 Å². The number of carbonyl (C=O) groups is 1. The van der Waals surface area contributed by atoms with Crippen molar-refractivity contribution in [3.8, 4) is 5.75 Å². The lowest BCUT2D eigenvalue weighted by Gasteiger charge is -2.14. The van der Waals surface area contributed by atoms with Crippen molar-refractivity contribution < 1.29 is 9.90 Å². The number of para-hydroxylation sites is 1.